The van der Waals surface area contributed by atoms with Gasteiger partial charge in [0.2, 0.25) is 0 Å². The molecule has 0 aliphatic carbocycles. The molecule has 3 heteroatoms. The summed E-state index contributed by atoms with van der Waals surface area (Å²) in [5.74, 6) is 1.48. The quantitative estimate of drug-likeness (QED) is 0.806. The molecule has 2 unspecified atom stereocenters. The molecule has 2 aliphatic heterocycles. The largest absolute Gasteiger partial charge is 0.489 e. The van der Waals surface area contributed by atoms with Gasteiger partial charge in [0.05, 0.1) is 17.8 Å². The third-order valence-electron chi connectivity index (χ3n) is 3.78. The third kappa shape index (κ3) is 1.78. The van der Waals surface area contributed by atoms with Gasteiger partial charge in [-0.15, -0.1) is 0 Å². The highest BCUT2D eigenvalue weighted by Gasteiger charge is 2.36. The Morgan fingerprint density at radius 2 is 2.24 bits per heavy atom. The summed E-state index contributed by atoms with van der Waals surface area (Å²) in [6.45, 7) is 5.83. The Labute approximate surface area is 102 Å². The van der Waals surface area contributed by atoms with Gasteiger partial charge in [0.25, 0.3) is 0 Å². The van der Waals surface area contributed by atoms with Crippen molar-refractivity contribution in [1.29, 1.82) is 0 Å². The van der Waals surface area contributed by atoms with Gasteiger partial charge < -0.3 is 14.7 Å². The van der Waals surface area contributed by atoms with Crippen molar-refractivity contribution in [2.75, 3.05) is 18.1 Å². The number of benzene rings is 1. The van der Waals surface area contributed by atoms with Crippen molar-refractivity contribution < 1.29 is 9.84 Å². The molecule has 1 aromatic carbocycles. The first-order valence-electron chi connectivity index (χ1n) is 6.36. The van der Waals surface area contributed by atoms with Crippen molar-refractivity contribution in [2.24, 2.45) is 0 Å². The highest BCUT2D eigenvalue weighted by atomic mass is 16.5. The summed E-state index contributed by atoms with van der Waals surface area (Å²) >= 11 is 0. The minimum atomic E-state index is -0.211. The molecule has 2 aliphatic rings. The molecule has 0 aromatic heterocycles. The van der Waals surface area contributed by atoms with E-state index in [4.69, 9.17) is 4.74 Å². The average molecular weight is 233 g/mol. The molecule has 2 heterocycles. The van der Waals surface area contributed by atoms with E-state index >= 15 is 0 Å². The minimum absolute atomic E-state index is 0.211. The molecular formula is C14H19NO2. The van der Waals surface area contributed by atoms with Gasteiger partial charge in [-0.1, -0.05) is 19.9 Å². The van der Waals surface area contributed by atoms with Gasteiger partial charge in [-0.2, -0.15) is 0 Å². The van der Waals surface area contributed by atoms with Crippen LogP contribution in [0.4, 0.5) is 5.69 Å². The maximum atomic E-state index is 9.77. The lowest BCUT2D eigenvalue weighted by atomic mass is 10.0. The summed E-state index contributed by atoms with van der Waals surface area (Å²) in [6, 6.07) is 6.76. The molecule has 3 rings (SSSR count). The smallest absolute Gasteiger partial charge is 0.142 e. The maximum absolute atomic E-state index is 9.77. The zero-order chi connectivity index (χ0) is 12.0. The first-order chi connectivity index (χ1) is 8.15. The van der Waals surface area contributed by atoms with Gasteiger partial charge in [0, 0.05) is 6.54 Å². The summed E-state index contributed by atoms with van der Waals surface area (Å²) in [5.41, 5.74) is 2.48. The number of hydrogen-bond acceptors (Lipinski definition) is 3. The summed E-state index contributed by atoms with van der Waals surface area (Å²) in [4.78, 5) is 2.30. The van der Waals surface area contributed by atoms with Gasteiger partial charge in [-0.05, 0) is 30.0 Å². The van der Waals surface area contributed by atoms with E-state index in [-0.39, 0.29) is 6.10 Å². The van der Waals surface area contributed by atoms with E-state index in [1.165, 1.54) is 5.56 Å². The van der Waals surface area contributed by atoms with Crippen LogP contribution in [0.3, 0.4) is 0 Å². The van der Waals surface area contributed by atoms with Crippen LogP contribution in [0, 0.1) is 0 Å². The zero-order valence-electron chi connectivity index (χ0n) is 10.4. The van der Waals surface area contributed by atoms with Crippen LogP contribution >= 0.6 is 0 Å². The van der Waals surface area contributed by atoms with Gasteiger partial charge in [0.1, 0.15) is 12.4 Å². The lowest BCUT2D eigenvalue weighted by Gasteiger charge is -2.33. The first kappa shape index (κ1) is 10.9. The van der Waals surface area contributed by atoms with E-state index in [1.807, 2.05) is 0 Å². The zero-order valence-corrected chi connectivity index (χ0v) is 10.4. The van der Waals surface area contributed by atoms with Crippen LogP contribution in [0.1, 0.15) is 31.7 Å². The fourth-order valence-electron chi connectivity index (χ4n) is 2.77. The van der Waals surface area contributed by atoms with Crippen LogP contribution in [0.25, 0.3) is 0 Å². The monoisotopic (exact) mass is 233 g/mol. The number of ether oxygens (including phenoxy) is 1. The first-order valence-corrected chi connectivity index (χ1v) is 6.36. The molecule has 1 saturated heterocycles. The minimum Gasteiger partial charge on any atom is -0.489 e. The maximum Gasteiger partial charge on any atom is 0.142 e. The summed E-state index contributed by atoms with van der Waals surface area (Å²) in [5, 5.41) is 9.77. The standard InChI is InChI=1S/C14H19NO2/c1-9(2)10-3-4-14-13(5-10)15-7-12(16)6-11(15)8-17-14/h3-5,9,11-12,16H,6-8H2,1-2H3. The van der Waals surface area contributed by atoms with Crippen LogP contribution < -0.4 is 9.64 Å². The highest BCUT2D eigenvalue weighted by Crippen LogP contribution is 2.39. The number of aliphatic hydroxyl groups is 1. The molecule has 0 radical (unpaired) electrons. The number of hydrogen-bond donors (Lipinski definition) is 1. The predicted molar refractivity (Wildman–Crippen MR) is 67.8 cm³/mol. The molecule has 0 saturated carbocycles. The topological polar surface area (TPSA) is 32.7 Å². The van der Waals surface area contributed by atoms with Gasteiger partial charge in [-0.3, -0.25) is 0 Å². The Hall–Kier alpha value is -1.22. The van der Waals surface area contributed by atoms with E-state index in [9.17, 15) is 5.11 Å². The van der Waals surface area contributed by atoms with Crippen molar-refractivity contribution >= 4 is 5.69 Å². The van der Waals surface area contributed by atoms with Gasteiger partial charge in [-0.25, -0.2) is 0 Å². The second-order valence-corrected chi connectivity index (χ2v) is 5.39. The van der Waals surface area contributed by atoms with Crippen LogP contribution in [-0.2, 0) is 0 Å². The number of anilines is 1. The van der Waals surface area contributed by atoms with Crippen LogP contribution in [-0.4, -0.2) is 30.4 Å². The van der Waals surface area contributed by atoms with E-state index in [0.29, 0.717) is 18.6 Å². The van der Waals surface area contributed by atoms with Crippen molar-refractivity contribution in [3.05, 3.63) is 23.8 Å². The van der Waals surface area contributed by atoms with Gasteiger partial charge in [0.15, 0.2) is 0 Å². The number of nitrogens with zero attached hydrogens (tertiary/aromatic N) is 1. The van der Waals surface area contributed by atoms with E-state index in [2.05, 4.69) is 36.9 Å². The van der Waals surface area contributed by atoms with Crippen LogP contribution in [0.2, 0.25) is 0 Å². The van der Waals surface area contributed by atoms with Crippen LogP contribution in [0.15, 0.2) is 18.2 Å². The Kier molecular flexibility index (Phi) is 2.51. The second-order valence-electron chi connectivity index (χ2n) is 5.39. The summed E-state index contributed by atoms with van der Waals surface area (Å²) in [6.07, 6.45) is 0.614. The lowest BCUT2D eigenvalue weighted by Crippen LogP contribution is -2.38. The SMILES string of the molecule is CC(C)c1ccc2c(c1)N1CC(O)CC1CO2. The molecule has 0 bridgehead atoms. The third-order valence-corrected chi connectivity index (χ3v) is 3.78. The lowest BCUT2D eigenvalue weighted by molar-refractivity contribution is 0.187. The number of fused-ring (bicyclic) bond motifs is 3. The van der Waals surface area contributed by atoms with E-state index in [0.717, 1.165) is 24.4 Å². The fourth-order valence-corrected chi connectivity index (χ4v) is 2.77. The molecule has 3 nitrogen and oxygen atoms in total. The molecule has 0 amide bonds. The Morgan fingerprint density at radius 1 is 1.41 bits per heavy atom. The number of aliphatic hydroxyl groups excluding tert-OH is 1. The average Bonchev–Trinajstić information content (AvgIpc) is 2.69. The Balaban J connectivity index is 2.00. The van der Waals surface area contributed by atoms with Crippen molar-refractivity contribution in [1.82, 2.24) is 0 Å². The normalized spacial score (nSPS) is 26.7. The molecule has 92 valence electrons. The molecule has 17 heavy (non-hydrogen) atoms. The summed E-state index contributed by atoms with van der Waals surface area (Å²) in [7, 11) is 0. The number of rotatable bonds is 1. The molecular weight excluding hydrogens is 214 g/mol. The molecule has 1 aromatic rings. The highest BCUT2D eigenvalue weighted by molar-refractivity contribution is 5.63. The molecule has 1 N–H and O–H groups in total. The molecule has 2 atom stereocenters. The van der Waals surface area contributed by atoms with Crippen molar-refractivity contribution in [2.45, 2.75) is 38.3 Å². The van der Waals surface area contributed by atoms with E-state index in [1.54, 1.807) is 0 Å². The summed E-state index contributed by atoms with van der Waals surface area (Å²) < 4.78 is 5.77. The van der Waals surface area contributed by atoms with Gasteiger partial charge >= 0.3 is 0 Å². The predicted octanol–water partition coefficient (Wildman–Crippen LogP) is 2.14. The second kappa shape index (κ2) is 3.91. The van der Waals surface area contributed by atoms with Crippen molar-refractivity contribution in [3.63, 3.8) is 0 Å². The molecule has 0 spiro atoms. The van der Waals surface area contributed by atoms with E-state index < -0.39 is 0 Å². The van der Waals surface area contributed by atoms with Crippen LogP contribution in [0.5, 0.6) is 5.75 Å². The Morgan fingerprint density at radius 3 is 3.00 bits per heavy atom. The molecule has 1 fully saturated rings. The van der Waals surface area contributed by atoms with Crippen molar-refractivity contribution in [3.8, 4) is 5.75 Å². The Bertz CT molecular complexity index is 430. The fraction of sp³-hybridized carbons (Fsp3) is 0.571.